The number of hydrogen-bond acceptors (Lipinski definition) is 7. The second kappa shape index (κ2) is 11.5. The standard InChI is InChI=1S/C29H31FN4O3S/c1-19-26(28(36)37-2)27(21-9-6-10-22(30)15-21)34-24(18-38-29(34)31-19)16-25(35)32-23-11-13-33(14-12-23)17-20-7-4-3-5-8-20/h3-10,15,18,23,27H,11-14,16-17H2,1-2H3,(H,32,35). The Morgan fingerprint density at radius 2 is 1.89 bits per heavy atom. The van der Waals surface area contributed by atoms with Gasteiger partial charge in [-0.25, -0.2) is 14.2 Å². The van der Waals surface area contributed by atoms with Crippen LogP contribution in [0, 0.1) is 5.82 Å². The van der Waals surface area contributed by atoms with Gasteiger partial charge in [0.05, 0.1) is 30.8 Å². The largest absolute Gasteiger partial charge is 0.466 e. The predicted molar refractivity (Wildman–Crippen MR) is 146 cm³/mol. The molecule has 3 aliphatic rings. The van der Waals surface area contributed by atoms with Gasteiger partial charge in [-0.15, -0.1) is 0 Å². The first kappa shape index (κ1) is 26.2. The van der Waals surface area contributed by atoms with Crippen molar-refractivity contribution in [1.29, 1.82) is 0 Å². The lowest BCUT2D eigenvalue weighted by Gasteiger charge is -2.36. The van der Waals surface area contributed by atoms with E-state index in [1.807, 2.05) is 16.4 Å². The maximum Gasteiger partial charge on any atom is 0.338 e. The molecule has 3 heterocycles. The lowest BCUT2D eigenvalue weighted by atomic mass is 9.93. The van der Waals surface area contributed by atoms with Crippen molar-refractivity contribution in [2.75, 3.05) is 20.2 Å². The SMILES string of the molecule is COC(=O)C1=C(C)N=C2SC=C(CC(=O)NC3CCN(Cc4ccccc4)CC3)N2C1c1cccc(F)c1. The Morgan fingerprint density at radius 3 is 2.61 bits per heavy atom. The molecule has 1 fully saturated rings. The van der Waals surface area contributed by atoms with Gasteiger partial charge < -0.3 is 15.0 Å². The fraction of sp³-hybridized carbons (Fsp3) is 0.345. The average Bonchev–Trinajstić information content (AvgIpc) is 3.30. The van der Waals surface area contributed by atoms with E-state index in [0.29, 0.717) is 22.0 Å². The Labute approximate surface area is 226 Å². The highest BCUT2D eigenvalue weighted by molar-refractivity contribution is 8.16. The van der Waals surface area contributed by atoms with E-state index in [1.165, 1.54) is 36.6 Å². The lowest BCUT2D eigenvalue weighted by molar-refractivity contribution is -0.136. The van der Waals surface area contributed by atoms with Crippen LogP contribution in [0.15, 0.2) is 82.0 Å². The van der Waals surface area contributed by atoms with Gasteiger partial charge in [0, 0.05) is 31.4 Å². The Kier molecular flexibility index (Phi) is 7.95. The minimum absolute atomic E-state index is 0.0801. The quantitative estimate of drug-likeness (QED) is 0.517. The molecular weight excluding hydrogens is 503 g/mol. The summed E-state index contributed by atoms with van der Waals surface area (Å²) in [6.45, 7) is 4.52. The number of methoxy groups -OCH3 is 1. The summed E-state index contributed by atoms with van der Waals surface area (Å²) in [5, 5.41) is 5.74. The molecule has 5 rings (SSSR count). The molecule has 38 heavy (non-hydrogen) atoms. The minimum atomic E-state index is -0.638. The number of amides is 1. The molecule has 0 aromatic heterocycles. The number of carbonyl (C=O) groups excluding carboxylic acids is 2. The topological polar surface area (TPSA) is 74.2 Å². The molecular formula is C29H31FN4O3S. The molecule has 3 aliphatic heterocycles. The Balaban J connectivity index is 1.26. The van der Waals surface area contributed by atoms with E-state index in [1.54, 1.807) is 19.1 Å². The fourth-order valence-electron chi connectivity index (χ4n) is 5.25. The van der Waals surface area contributed by atoms with Gasteiger partial charge in [-0.2, -0.15) is 0 Å². The normalized spacial score (nSPS) is 20.1. The van der Waals surface area contributed by atoms with Gasteiger partial charge in [0.2, 0.25) is 5.91 Å². The molecule has 1 N–H and O–H groups in total. The Morgan fingerprint density at radius 1 is 1.13 bits per heavy atom. The zero-order valence-electron chi connectivity index (χ0n) is 21.5. The molecule has 2 aromatic carbocycles. The van der Waals surface area contributed by atoms with Crippen LogP contribution in [0.4, 0.5) is 4.39 Å². The number of nitrogens with zero attached hydrogens (tertiary/aromatic N) is 3. The van der Waals surface area contributed by atoms with E-state index in [2.05, 4.69) is 39.5 Å². The molecule has 0 radical (unpaired) electrons. The van der Waals surface area contributed by atoms with Crippen molar-refractivity contribution in [2.24, 2.45) is 4.99 Å². The summed E-state index contributed by atoms with van der Waals surface area (Å²) in [4.78, 5) is 34.8. The summed E-state index contributed by atoms with van der Waals surface area (Å²) >= 11 is 1.40. The number of nitrogens with one attached hydrogen (secondary N) is 1. The number of fused-ring (bicyclic) bond motifs is 1. The van der Waals surface area contributed by atoms with Crippen LogP contribution in [0.2, 0.25) is 0 Å². The number of aliphatic imine (C=N–C) groups is 1. The van der Waals surface area contributed by atoms with E-state index >= 15 is 0 Å². The summed E-state index contributed by atoms with van der Waals surface area (Å²) in [6.07, 6.45) is 1.92. The highest BCUT2D eigenvalue weighted by Gasteiger charge is 2.41. The molecule has 2 aromatic rings. The molecule has 1 saturated heterocycles. The number of hydrogen-bond donors (Lipinski definition) is 1. The predicted octanol–water partition coefficient (Wildman–Crippen LogP) is 4.74. The van der Waals surface area contributed by atoms with Crippen LogP contribution in [-0.4, -0.2) is 53.1 Å². The number of rotatable bonds is 7. The first-order chi connectivity index (χ1) is 18.4. The molecule has 0 aliphatic carbocycles. The zero-order valence-corrected chi connectivity index (χ0v) is 22.3. The van der Waals surface area contributed by atoms with Crippen molar-refractivity contribution < 1.29 is 18.7 Å². The fourth-order valence-corrected chi connectivity index (χ4v) is 6.22. The number of likely N-dealkylation sites (tertiary alicyclic amines) is 1. The van der Waals surface area contributed by atoms with Gasteiger partial charge in [0.25, 0.3) is 0 Å². The first-order valence-corrected chi connectivity index (χ1v) is 13.6. The molecule has 1 amide bonds. The van der Waals surface area contributed by atoms with Crippen LogP contribution in [-0.2, 0) is 20.9 Å². The maximum absolute atomic E-state index is 14.2. The molecule has 0 bridgehead atoms. The van der Waals surface area contributed by atoms with Crippen LogP contribution in [0.5, 0.6) is 0 Å². The number of allylic oxidation sites excluding steroid dienone is 1. The highest BCUT2D eigenvalue weighted by Crippen LogP contribution is 2.44. The van der Waals surface area contributed by atoms with Crippen molar-refractivity contribution in [1.82, 2.24) is 15.1 Å². The van der Waals surface area contributed by atoms with Gasteiger partial charge in [0.15, 0.2) is 5.17 Å². The van der Waals surface area contributed by atoms with Gasteiger partial charge in [-0.05, 0) is 48.4 Å². The highest BCUT2D eigenvalue weighted by atomic mass is 32.2. The molecule has 7 nitrogen and oxygen atoms in total. The summed E-state index contributed by atoms with van der Waals surface area (Å²) in [7, 11) is 1.32. The number of piperidine rings is 1. The van der Waals surface area contributed by atoms with E-state index in [-0.39, 0.29) is 18.4 Å². The van der Waals surface area contributed by atoms with Gasteiger partial charge in [-0.1, -0.05) is 54.2 Å². The number of amidine groups is 1. The average molecular weight is 535 g/mol. The smallest absolute Gasteiger partial charge is 0.338 e. The van der Waals surface area contributed by atoms with E-state index in [9.17, 15) is 14.0 Å². The lowest BCUT2D eigenvalue weighted by Crippen LogP contribution is -2.45. The van der Waals surface area contributed by atoms with Gasteiger partial charge >= 0.3 is 5.97 Å². The van der Waals surface area contributed by atoms with Crippen molar-refractivity contribution >= 4 is 28.8 Å². The maximum atomic E-state index is 14.2. The number of carbonyl (C=O) groups is 2. The molecule has 1 atom stereocenters. The van der Waals surface area contributed by atoms with Gasteiger partial charge in [-0.3, -0.25) is 9.69 Å². The third kappa shape index (κ3) is 5.68. The van der Waals surface area contributed by atoms with Crippen LogP contribution in [0.1, 0.15) is 43.4 Å². The molecule has 0 spiro atoms. The second-order valence-corrected chi connectivity index (χ2v) is 10.6. The molecule has 1 unspecified atom stereocenters. The second-order valence-electron chi connectivity index (χ2n) is 9.72. The number of esters is 1. The Hall–Kier alpha value is -3.43. The van der Waals surface area contributed by atoms with E-state index < -0.39 is 17.8 Å². The molecule has 9 heteroatoms. The summed E-state index contributed by atoms with van der Waals surface area (Å²) in [6, 6.07) is 16.1. The van der Waals surface area contributed by atoms with E-state index in [0.717, 1.165) is 38.2 Å². The van der Waals surface area contributed by atoms with Crippen molar-refractivity contribution in [3.05, 3.63) is 93.9 Å². The third-order valence-electron chi connectivity index (χ3n) is 7.11. The minimum Gasteiger partial charge on any atom is -0.466 e. The summed E-state index contributed by atoms with van der Waals surface area (Å²) in [5.41, 5.74) is 3.46. The number of ether oxygens (including phenoxy) is 1. The number of halogens is 1. The molecule has 0 saturated carbocycles. The Bertz CT molecular complexity index is 1300. The zero-order chi connectivity index (χ0) is 26.6. The number of benzene rings is 2. The first-order valence-electron chi connectivity index (χ1n) is 12.8. The van der Waals surface area contributed by atoms with Crippen LogP contribution in [0.25, 0.3) is 0 Å². The molecule has 198 valence electrons. The van der Waals surface area contributed by atoms with Gasteiger partial charge in [0.1, 0.15) is 5.82 Å². The van der Waals surface area contributed by atoms with E-state index in [4.69, 9.17) is 4.74 Å². The third-order valence-corrected chi connectivity index (χ3v) is 8.00. The summed E-state index contributed by atoms with van der Waals surface area (Å²) < 4.78 is 19.3. The van der Waals surface area contributed by atoms with Crippen LogP contribution in [0.3, 0.4) is 0 Å². The summed E-state index contributed by atoms with van der Waals surface area (Å²) in [5.74, 6) is -1.01. The van der Waals surface area contributed by atoms with Crippen molar-refractivity contribution in [3.8, 4) is 0 Å². The monoisotopic (exact) mass is 534 g/mol. The van der Waals surface area contributed by atoms with Crippen molar-refractivity contribution in [2.45, 2.75) is 44.8 Å². The van der Waals surface area contributed by atoms with Crippen LogP contribution < -0.4 is 5.32 Å². The van der Waals surface area contributed by atoms with Crippen LogP contribution >= 0.6 is 11.8 Å². The number of thioether (sulfide) groups is 1. The van der Waals surface area contributed by atoms with Crippen molar-refractivity contribution in [3.63, 3.8) is 0 Å².